The Labute approximate surface area is 145 Å². The highest BCUT2D eigenvalue weighted by Gasteiger charge is 2.47. The molecule has 1 atom stereocenters. The van der Waals surface area contributed by atoms with Gasteiger partial charge in [0, 0.05) is 33.3 Å². The standard InChI is InChI=1S/C20H30N2O2/c1-16-5-6-18(13-17(16)2)14-21-10-8-20(15-21)7-4-9-22(19(20)23)11-12-24-3/h5-6,13H,4,7-12,14-15H2,1-3H3. The highest BCUT2D eigenvalue weighted by molar-refractivity contribution is 5.84. The quantitative estimate of drug-likeness (QED) is 0.832. The monoisotopic (exact) mass is 330 g/mol. The molecule has 1 spiro atoms. The third kappa shape index (κ3) is 3.50. The number of methoxy groups -OCH3 is 1. The Kier molecular flexibility index (Phi) is 5.26. The Morgan fingerprint density at radius 1 is 1.17 bits per heavy atom. The van der Waals surface area contributed by atoms with Gasteiger partial charge in [0.15, 0.2) is 0 Å². The van der Waals surface area contributed by atoms with E-state index in [1.165, 1.54) is 16.7 Å². The summed E-state index contributed by atoms with van der Waals surface area (Å²) in [6, 6.07) is 6.71. The van der Waals surface area contributed by atoms with Crippen LogP contribution in [-0.2, 0) is 16.1 Å². The van der Waals surface area contributed by atoms with E-state index in [0.717, 1.165) is 52.0 Å². The number of likely N-dealkylation sites (tertiary alicyclic amines) is 2. The number of rotatable bonds is 5. The van der Waals surface area contributed by atoms with Crippen LogP contribution in [0.25, 0.3) is 0 Å². The summed E-state index contributed by atoms with van der Waals surface area (Å²) in [5.41, 5.74) is 3.90. The number of piperidine rings is 1. The first-order valence-electron chi connectivity index (χ1n) is 9.11. The zero-order valence-corrected chi connectivity index (χ0v) is 15.3. The molecule has 4 heteroatoms. The lowest BCUT2D eigenvalue weighted by atomic mass is 9.78. The number of amides is 1. The average molecular weight is 330 g/mol. The predicted molar refractivity (Wildman–Crippen MR) is 95.9 cm³/mol. The minimum absolute atomic E-state index is 0.147. The molecule has 24 heavy (non-hydrogen) atoms. The van der Waals surface area contributed by atoms with Gasteiger partial charge in [-0.3, -0.25) is 9.69 Å². The van der Waals surface area contributed by atoms with E-state index in [4.69, 9.17) is 4.74 Å². The third-order valence-electron chi connectivity index (χ3n) is 5.80. The van der Waals surface area contributed by atoms with E-state index in [1.807, 2.05) is 4.90 Å². The molecule has 0 saturated carbocycles. The number of hydrogen-bond donors (Lipinski definition) is 0. The molecule has 0 aliphatic carbocycles. The summed E-state index contributed by atoms with van der Waals surface area (Å²) in [4.78, 5) is 17.5. The molecule has 2 fully saturated rings. The van der Waals surface area contributed by atoms with Crippen LogP contribution in [0.1, 0.15) is 36.0 Å². The van der Waals surface area contributed by atoms with Crippen LogP contribution >= 0.6 is 0 Å². The first-order chi connectivity index (χ1) is 11.5. The maximum atomic E-state index is 13.0. The van der Waals surface area contributed by atoms with Crippen molar-refractivity contribution in [3.8, 4) is 0 Å². The molecule has 1 aromatic rings. The van der Waals surface area contributed by atoms with Crippen LogP contribution in [0.2, 0.25) is 0 Å². The molecule has 0 radical (unpaired) electrons. The fourth-order valence-corrected chi connectivity index (χ4v) is 4.20. The van der Waals surface area contributed by atoms with Gasteiger partial charge in [0.05, 0.1) is 12.0 Å². The Morgan fingerprint density at radius 2 is 2.00 bits per heavy atom. The second-order valence-electron chi connectivity index (χ2n) is 7.55. The number of benzene rings is 1. The van der Waals surface area contributed by atoms with Gasteiger partial charge >= 0.3 is 0 Å². The molecule has 0 N–H and O–H groups in total. The normalized spacial score (nSPS) is 25.0. The van der Waals surface area contributed by atoms with Crippen LogP contribution in [0.3, 0.4) is 0 Å². The van der Waals surface area contributed by atoms with Crippen molar-refractivity contribution in [3.63, 3.8) is 0 Å². The Morgan fingerprint density at radius 3 is 2.75 bits per heavy atom. The summed E-state index contributed by atoms with van der Waals surface area (Å²) in [7, 11) is 1.70. The number of carbonyl (C=O) groups excluding carboxylic acids is 1. The summed E-state index contributed by atoms with van der Waals surface area (Å²) < 4.78 is 5.16. The minimum atomic E-state index is -0.147. The molecular weight excluding hydrogens is 300 g/mol. The number of ether oxygens (including phenoxy) is 1. The zero-order chi connectivity index (χ0) is 17.2. The molecule has 1 amide bonds. The second kappa shape index (κ2) is 7.24. The van der Waals surface area contributed by atoms with E-state index in [9.17, 15) is 4.79 Å². The SMILES string of the molecule is COCCN1CCCC2(CCN(Cc3ccc(C)c(C)c3)C2)C1=O. The van der Waals surface area contributed by atoms with Crippen molar-refractivity contribution in [3.05, 3.63) is 34.9 Å². The summed E-state index contributed by atoms with van der Waals surface area (Å²) in [6.07, 6.45) is 3.16. The van der Waals surface area contributed by atoms with Crippen LogP contribution in [0.5, 0.6) is 0 Å². The molecule has 1 unspecified atom stereocenters. The first-order valence-corrected chi connectivity index (χ1v) is 9.11. The van der Waals surface area contributed by atoms with Crippen molar-refractivity contribution in [2.24, 2.45) is 5.41 Å². The van der Waals surface area contributed by atoms with Crippen molar-refractivity contribution in [2.45, 2.75) is 39.7 Å². The molecule has 2 saturated heterocycles. The van der Waals surface area contributed by atoms with E-state index < -0.39 is 0 Å². The van der Waals surface area contributed by atoms with Gasteiger partial charge < -0.3 is 9.64 Å². The van der Waals surface area contributed by atoms with Gasteiger partial charge in [-0.05, 0) is 56.3 Å². The van der Waals surface area contributed by atoms with E-state index in [1.54, 1.807) is 7.11 Å². The van der Waals surface area contributed by atoms with Crippen LogP contribution < -0.4 is 0 Å². The maximum absolute atomic E-state index is 13.0. The highest BCUT2D eigenvalue weighted by atomic mass is 16.5. The van der Waals surface area contributed by atoms with Crippen molar-refractivity contribution < 1.29 is 9.53 Å². The van der Waals surface area contributed by atoms with Crippen LogP contribution in [-0.4, -0.2) is 55.6 Å². The van der Waals surface area contributed by atoms with Gasteiger partial charge in [0.1, 0.15) is 0 Å². The lowest BCUT2D eigenvalue weighted by Crippen LogP contribution is -2.50. The first kappa shape index (κ1) is 17.4. The van der Waals surface area contributed by atoms with Crippen molar-refractivity contribution in [1.29, 1.82) is 0 Å². The lowest BCUT2D eigenvalue weighted by molar-refractivity contribution is -0.146. The number of nitrogens with zero attached hydrogens (tertiary/aromatic N) is 2. The molecule has 2 aliphatic heterocycles. The highest BCUT2D eigenvalue weighted by Crippen LogP contribution is 2.40. The largest absolute Gasteiger partial charge is 0.383 e. The fraction of sp³-hybridized carbons (Fsp3) is 0.650. The molecule has 0 aromatic heterocycles. The summed E-state index contributed by atoms with van der Waals surface area (Å²) in [5.74, 6) is 0.355. The second-order valence-corrected chi connectivity index (χ2v) is 7.55. The smallest absolute Gasteiger partial charge is 0.230 e. The van der Waals surface area contributed by atoms with Gasteiger partial charge in [0.25, 0.3) is 0 Å². The van der Waals surface area contributed by atoms with E-state index >= 15 is 0 Å². The van der Waals surface area contributed by atoms with Crippen LogP contribution in [0, 0.1) is 19.3 Å². The van der Waals surface area contributed by atoms with Crippen molar-refractivity contribution in [1.82, 2.24) is 9.80 Å². The summed E-state index contributed by atoms with van der Waals surface area (Å²) in [6.45, 7) is 9.46. The summed E-state index contributed by atoms with van der Waals surface area (Å²) >= 11 is 0. The molecule has 2 aliphatic rings. The van der Waals surface area contributed by atoms with E-state index in [2.05, 4.69) is 36.9 Å². The van der Waals surface area contributed by atoms with E-state index in [-0.39, 0.29) is 5.41 Å². The summed E-state index contributed by atoms with van der Waals surface area (Å²) in [5, 5.41) is 0. The molecule has 2 heterocycles. The molecular formula is C20H30N2O2. The minimum Gasteiger partial charge on any atom is -0.383 e. The zero-order valence-electron chi connectivity index (χ0n) is 15.3. The number of carbonyl (C=O) groups is 1. The third-order valence-corrected chi connectivity index (χ3v) is 5.80. The predicted octanol–water partition coefficient (Wildman–Crippen LogP) is 2.76. The van der Waals surface area contributed by atoms with Gasteiger partial charge in [-0.25, -0.2) is 0 Å². The molecule has 1 aromatic carbocycles. The fourth-order valence-electron chi connectivity index (χ4n) is 4.20. The van der Waals surface area contributed by atoms with Crippen molar-refractivity contribution >= 4 is 5.91 Å². The molecule has 4 nitrogen and oxygen atoms in total. The van der Waals surface area contributed by atoms with Crippen LogP contribution in [0.4, 0.5) is 0 Å². The molecule has 3 rings (SSSR count). The number of aryl methyl sites for hydroxylation is 2. The van der Waals surface area contributed by atoms with Crippen LogP contribution in [0.15, 0.2) is 18.2 Å². The molecule has 0 bridgehead atoms. The molecule has 132 valence electrons. The van der Waals surface area contributed by atoms with Gasteiger partial charge in [-0.2, -0.15) is 0 Å². The lowest BCUT2D eigenvalue weighted by Gasteiger charge is -2.39. The topological polar surface area (TPSA) is 32.8 Å². The Hall–Kier alpha value is -1.39. The average Bonchev–Trinajstić information content (AvgIpc) is 2.96. The maximum Gasteiger partial charge on any atom is 0.230 e. The Bertz CT molecular complexity index is 601. The van der Waals surface area contributed by atoms with Gasteiger partial charge in [0.2, 0.25) is 5.91 Å². The van der Waals surface area contributed by atoms with E-state index in [0.29, 0.717) is 12.5 Å². The van der Waals surface area contributed by atoms with Gasteiger partial charge in [-0.15, -0.1) is 0 Å². The Balaban J connectivity index is 1.64. The number of hydrogen-bond acceptors (Lipinski definition) is 3. The van der Waals surface area contributed by atoms with Gasteiger partial charge in [-0.1, -0.05) is 18.2 Å². The van der Waals surface area contributed by atoms with Crippen molar-refractivity contribution in [2.75, 3.05) is 39.9 Å².